The molecule has 1 aliphatic heterocycles. The van der Waals surface area contributed by atoms with Crippen molar-refractivity contribution in [3.8, 4) is 11.4 Å². The van der Waals surface area contributed by atoms with E-state index in [2.05, 4.69) is 89.2 Å². The van der Waals surface area contributed by atoms with Crippen molar-refractivity contribution in [3.05, 3.63) is 103 Å². The molecule has 3 aromatic carbocycles. The molecule has 5 aromatic rings. The Kier molecular flexibility index (Phi) is 10.1. The maximum atomic E-state index is 12.9. The molecule has 0 bridgehead atoms. The number of rotatable bonds is 9. The van der Waals surface area contributed by atoms with Gasteiger partial charge in [-0.15, -0.1) is 13.2 Å². The maximum Gasteiger partial charge on any atom is 0.573 e. The van der Waals surface area contributed by atoms with Gasteiger partial charge >= 0.3 is 12.5 Å². The van der Waals surface area contributed by atoms with Crippen LogP contribution in [0.5, 0.6) is 5.75 Å². The van der Waals surface area contributed by atoms with Crippen LogP contribution in [0, 0.1) is 0 Å². The van der Waals surface area contributed by atoms with Crippen LogP contribution in [0.3, 0.4) is 0 Å². The third kappa shape index (κ3) is 7.95. The van der Waals surface area contributed by atoms with Crippen molar-refractivity contribution in [1.82, 2.24) is 20.1 Å². The largest absolute Gasteiger partial charge is 0.573 e. The van der Waals surface area contributed by atoms with Gasteiger partial charge in [0.2, 0.25) is 0 Å². The first kappa shape index (κ1) is 36.9. The Labute approximate surface area is 302 Å². The average molecular weight is 732 g/mol. The molecule has 1 aliphatic rings. The number of carbonyl (C=O) groups excluding carboxylic acids is 1. The van der Waals surface area contributed by atoms with Crippen molar-refractivity contribution in [2.75, 3.05) is 18.0 Å². The predicted octanol–water partition coefficient (Wildman–Crippen LogP) is 7.50. The van der Waals surface area contributed by atoms with E-state index in [9.17, 15) is 18.0 Å². The number of nitrogens with zero attached hydrogens (tertiary/aromatic N) is 4. The quantitative estimate of drug-likeness (QED) is 0.157. The summed E-state index contributed by atoms with van der Waals surface area (Å²) in [4.78, 5) is 19.6. The molecule has 274 valence electrons. The van der Waals surface area contributed by atoms with Crippen LogP contribution in [0.2, 0.25) is 5.04 Å². The minimum absolute atomic E-state index is 0.0300. The number of halogens is 3. The van der Waals surface area contributed by atoms with E-state index in [0.29, 0.717) is 35.5 Å². The highest BCUT2D eigenvalue weighted by molar-refractivity contribution is 6.99. The smallest absolute Gasteiger partial charge is 0.444 e. The molecule has 0 unspecified atom stereocenters. The van der Waals surface area contributed by atoms with Crippen LogP contribution in [0.1, 0.15) is 53.7 Å². The van der Waals surface area contributed by atoms with Gasteiger partial charge in [-0.25, -0.2) is 14.5 Å². The molecule has 13 heteroatoms. The number of amides is 1. The molecule has 0 spiro atoms. The van der Waals surface area contributed by atoms with Crippen molar-refractivity contribution in [2.45, 2.75) is 77.6 Å². The van der Waals surface area contributed by atoms with Crippen molar-refractivity contribution >= 4 is 41.5 Å². The molecule has 1 fully saturated rings. The van der Waals surface area contributed by atoms with Gasteiger partial charge in [-0.1, -0.05) is 81.4 Å². The van der Waals surface area contributed by atoms with Crippen LogP contribution in [0.15, 0.2) is 97.2 Å². The third-order valence-corrected chi connectivity index (χ3v) is 14.1. The fourth-order valence-corrected chi connectivity index (χ4v) is 11.6. The van der Waals surface area contributed by atoms with Crippen molar-refractivity contribution in [2.24, 2.45) is 0 Å². The molecule has 9 nitrogen and oxygen atoms in total. The highest BCUT2D eigenvalue weighted by Crippen LogP contribution is 2.40. The van der Waals surface area contributed by atoms with Crippen LogP contribution in [-0.4, -0.2) is 60.3 Å². The number of benzene rings is 3. The predicted molar refractivity (Wildman–Crippen MR) is 198 cm³/mol. The molecule has 0 aliphatic carbocycles. The van der Waals surface area contributed by atoms with Gasteiger partial charge in [-0.2, -0.15) is 5.10 Å². The third-order valence-electron chi connectivity index (χ3n) is 8.98. The van der Waals surface area contributed by atoms with Crippen LogP contribution < -0.4 is 25.3 Å². The molecule has 52 heavy (non-hydrogen) atoms. The first-order valence-corrected chi connectivity index (χ1v) is 19.2. The Balaban J connectivity index is 1.37. The molecule has 1 N–H and O–H groups in total. The first-order valence-electron chi connectivity index (χ1n) is 17.3. The lowest BCUT2D eigenvalue weighted by Gasteiger charge is -2.44. The molecular formula is C39H44F3N5O4Si. The lowest BCUT2D eigenvalue weighted by molar-refractivity contribution is -0.274. The van der Waals surface area contributed by atoms with Gasteiger partial charge in [0.25, 0.3) is 8.32 Å². The zero-order valence-electron chi connectivity index (χ0n) is 30.2. The molecule has 3 heterocycles. The van der Waals surface area contributed by atoms with Crippen LogP contribution >= 0.6 is 0 Å². The highest BCUT2D eigenvalue weighted by atomic mass is 28.4. The van der Waals surface area contributed by atoms with E-state index in [4.69, 9.17) is 14.3 Å². The van der Waals surface area contributed by atoms with Crippen LogP contribution in [-0.2, 0) is 15.7 Å². The second kappa shape index (κ2) is 14.3. The minimum atomic E-state index is -4.81. The van der Waals surface area contributed by atoms with E-state index >= 15 is 0 Å². The standard InChI is InChI=1S/C39H44F3N5O4Si/c1-37(2,3)50-36(48)44-25-32-34-33(21-23-43-35(34)47(45-32)27-17-19-28(20-18-27)49-39(40,41)42)46-24-22-29(26-46)51-52(38(4,5)6,30-13-9-7-10-14-30)31-15-11-8-12-16-31/h7-21,23,29H,22,24-26H2,1-6H3,(H,44,48)/t29-/m0/s1. The van der Waals surface area contributed by atoms with Crippen LogP contribution in [0.25, 0.3) is 16.7 Å². The number of aromatic nitrogens is 3. The number of hydrogen-bond acceptors (Lipinski definition) is 7. The molecule has 0 radical (unpaired) electrons. The van der Waals surface area contributed by atoms with Gasteiger partial charge < -0.3 is 24.1 Å². The molecule has 2 aromatic heterocycles. The number of ether oxygens (including phenoxy) is 2. The molecule has 1 atom stereocenters. The monoisotopic (exact) mass is 731 g/mol. The lowest BCUT2D eigenvalue weighted by Crippen LogP contribution is -2.67. The number of fused-ring (bicyclic) bond motifs is 1. The molecule has 6 rings (SSSR count). The fourth-order valence-electron chi connectivity index (χ4n) is 6.91. The van der Waals surface area contributed by atoms with Gasteiger partial charge in [-0.3, -0.25) is 0 Å². The normalized spacial score (nSPS) is 15.6. The summed E-state index contributed by atoms with van der Waals surface area (Å²) in [5, 5.41) is 10.6. The topological polar surface area (TPSA) is 90.7 Å². The SMILES string of the molecule is CC(C)(C)OC(=O)NCc1nn(-c2ccc(OC(F)(F)F)cc2)c2nccc(N3CC[C@H](O[Si](c4ccccc4)(c4ccccc4)C(C)(C)C)C3)c12. The Morgan fingerprint density at radius 2 is 1.50 bits per heavy atom. The second-order valence-electron chi connectivity index (χ2n) is 14.9. The average Bonchev–Trinajstić information content (AvgIpc) is 3.70. The Morgan fingerprint density at radius 1 is 0.885 bits per heavy atom. The minimum Gasteiger partial charge on any atom is -0.444 e. The van der Waals surface area contributed by atoms with E-state index in [0.717, 1.165) is 12.1 Å². The zero-order valence-corrected chi connectivity index (χ0v) is 31.2. The van der Waals surface area contributed by atoms with E-state index in [1.807, 2.05) is 18.2 Å². The van der Waals surface area contributed by atoms with E-state index in [1.165, 1.54) is 34.6 Å². The Morgan fingerprint density at radius 3 is 2.06 bits per heavy atom. The summed E-state index contributed by atoms with van der Waals surface area (Å²) in [7, 11) is -2.81. The van der Waals surface area contributed by atoms with Gasteiger partial charge in [0.1, 0.15) is 11.4 Å². The van der Waals surface area contributed by atoms with Gasteiger partial charge in [0, 0.05) is 19.3 Å². The number of carbonyl (C=O) groups is 1. The van der Waals surface area contributed by atoms with E-state index < -0.39 is 26.4 Å². The fraction of sp³-hybridized carbons (Fsp3) is 0.359. The van der Waals surface area contributed by atoms with E-state index in [1.54, 1.807) is 31.6 Å². The summed E-state index contributed by atoms with van der Waals surface area (Å²) in [6.07, 6.45) is -3.03. The number of pyridine rings is 1. The Hall–Kier alpha value is -4.88. The zero-order chi connectivity index (χ0) is 37.3. The van der Waals surface area contributed by atoms with Gasteiger partial charge in [-0.05, 0) is 72.9 Å². The van der Waals surface area contributed by atoms with Crippen molar-refractivity contribution in [1.29, 1.82) is 0 Å². The van der Waals surface area contributed by atoms with E-state index in [-0.39, 0.29) is 23.4 Å². The summed E-state index contributed by atoms with van der Waals surface area (Å²) in [6.45, 7) is 13.5. The number of hydrogen-bond donors (Lipinski definition) is 1. The summed E-state index contributed by atoms with van der Waals surface area (Å²) < 4.78 is 57.2. The summed E-state index contributed by atoms with van der Waals surface area (Å²) >= 11 is 0. The van der Waals surface area contributed by atoms with Gasteiger partial charge in [0.05, 0.1) is 35.1 Å². The summed E-state index contributed by atoms with van der Waals surface area (Å²) in [6, 6.07) is 28.4. The van der Waals surface area contributed by atoms with Crippen molar-refractivity contribution < 1.29 is 31.9 Å². The molecule has 1 amide bonds. The highest BCUT2D eigenvalue weighted by Gasteiger charge is 2.52. The van der Waals surface area contributed by atoms with Gasteiger partial charge in [0.15, 0.2) is 5.65 Å². The number of nitrogens with one attached hydrogen (secondary N) is 1. The maximum absolute atomic E-state index is 12.9. The molecule has 0 saturated carbocycles. The number of anilines is 1. The molecular weight excluding hydrogens is 688 g/mol. The van der Waals surface area contributed by atoms with Crippen LogP contribution in [0.4, 0.5) is 23.7 Å². The second-order valence-corrected chi connectivity index (χ2v) is 19.2. The Bertz CT molecular complexity index is 1950. The first-order chi connectivity index (χ1) is 24.5. The number of alkyl carbamates (subject to hydrolysis) is 1. The van der Waals surface area contributed by atoms with Crippen molar-refractivity contribution in [3.63, 3.8) is 0 Å². The molecule has 1 saturated heterocycles. The lowest BCUT2D eigenvalue weighted by atomic mass is 10.2. The summed E-state index contributed by atoms with van der Waals surface area (Å²) in [5.74, 6) is -0.350. The summed E-state index contributed by atoms with van der Waals surface area (Å²) in [5.41, 5.74) is 1.65. The number of alkyl halides is 3.